The molecule has 1 unspecified atom stereocenters. The number of hydrogen-bond acceptors (Lipinski definition) is 4. The SMILES string of the molecule is CN(CC(CCN1CC(N2CCOCC2)C1)c1ccc(F)cc1)C(=O)c1cc(F)cc2c1CCCC2. The average Bonchev–Trinajstić information content (AvgIpc) is 2.87. The van der Waals surface area contributed by atoms with Gasteiger partial charge in [-0.15, -0.1) is 0 Å². The van der Waals surface area contributed by atoms with E-state index in [-0.39, 0.29) is 23.5 Å². The largest absolute Gasteiger partial charge is 0.379 e. The molecule has 2 aromatic rings. The van der Waals surface area contributed by atoms with Crippen LogP contribution < -0.4 is 0 Å². The Hall–Kier alpha value is -2.35. The molecule has 3 aliphatic rings. The molecule has 1 atom stereocenters. The van der Waals surface area contributed by atoms with Gasteiger partial charge in [-0.2, -0.15) is 0 Å². The van der Waals surface area contributed by atoms with Gasteiger partial charge in [0.05, 0.1) is 13.2 Å². The van der Waals surface area contributed by atoms with E-state index < -0.39 is 0 Å². The van der Waals surface area contributed by atoms with Crippen molar-refractivity contribution in [2.45, 2.75) is 44.1 Å². The van der Waals surface area contributed by atoms with Crippen molar-refractivity contribution in [1.29, 1.82) is 0 Å². The smallest absolute Gasteiger partial charge is 0.254 e. The van der Waals surface area contributed by atoms with Gasteiger partial charge in [-0.25, -0.2) is 8.78 Å². The number of hydrogen-bond donors (Lipinski definition) is 0. The van der Waals surface area contributed by atoms with Crippen LogP contribution in [-0.2, 0) is 17.6 Å². The van der Waals surface area contributed by atoms with Crippen LogP contribution in [0.1, 0.15) is 52.2 Å². The van der Waals surface area contributed by atoms with E-state index in [2.05, 4.69) is 9.80 Å². The van der Waals surface area contributed by atoms with Crippen LogP contribution in [0.3, 0.4) is 0 Å². The Balaban J connectivity index is 1.25. The molecule has 5 rings (SSSR count). The van der Waals surface area contributed by atoms with E-state index in [1.807, 2.05) is 12.1 Å². The molecule has 7 heteroatoms. The summed E-state index contributed by atoms with van der Waals surface area (Å²) in [6.45, 7) is 7.20. The molecule has 194 valence electrons. The number of benzene rings is 2. The Morgan fingerprint density at radius 3 is 2.53 bits per heavy atom. The summed E-state index contributed by atoms with van der Waals surface area (Å²) in [6, 6.07) is 10.2. The van der Waals surface area contributed by atoms with Crippen molar-refractivity contribution in [3.8, 4) is 0 Å². The molecule has 5 nitrogen and oxygen atoms in total. The normalized spacial score (nSPS) is 20.0. The minimum absolute atomic E-state index is 0.0753. The number of carbonyl (C=O) groups is 1. The van der Waals surface area contributed by atoms with E-state index in [4.69, 9.17) is 4.74 Å². The monoisotopic (exact) mass is 497 g/mol. The Morgan fingerprint density at radius 2 is 1.78 bits per heavy atom. The quantitative estimate of drug-likeness (QED) is 0.550. The fourth-order valence-electron chi connectivity index (χ4n) is 5.97. The van der Waals surface area contributed by atoms with Gasteiger partial charge in [0.25, 0.3) is 5.91 Å². The maximum absolute atomic E-state index is 14.3. The third-order valence-corrected chi connectivity index (χ3v) is 8.14. The molecule has 2 saturated heterocycles. The molecule has 2 fully saturated rings. The van der Waals surface area contributed by atoms with E-state index in [0.717, 1.165) is 94.7 Å². The highest BCUT2D eigenvalue weighted by molar-refractivity contribution is 5.96. The summed E-state index contributed by atoms with van der Waals surface area (Å²) < 4.78 is 33.5. The number of carbonyl (C=O) groups excluding carboxylic acids is 1. The summed E-state index contributed by atoms with van der Waals surface area (Å²) in [7, 11) is 1.80. The fourth-order valence-corrected chi connectivity index (χ4v) is 5.97. The molecule has 2 aliphatic heterocycles. The zero-order valence-electron chi connectivity index (χ0n) is 21.2. The van der Waals surface area contributed by atoms with Gasteiger partial charge >= 0.3 is 0 Å². The Labute approximate surface area is 213 Å². The number of morpholine rings is 1. The molecule has 0 saturated carbocycles. The number of halogens is 2. The highest BCUT2D eigenvalue weighted by Gasteiger charge is 2.33. The molecule has 0 bridgehead atoms. The highest BCUT2D eigenvalue weighted by atomic mass is 19.1. The first-order chi connectivity index (χ1) is 17.5. The summed E-state index contributed by atoms with van der Waals surface area (Å²) in [5.41, 5.74) is 3.51. The Morgan fingerprint density at radius 1 is 1.06 bits per heavy atom. The Kier molecular flexibility index (Phi) is 7.99. The van der Waals surface area contributed by atoms with E-state index in [0.29, 0.717) is 18.2 Å². The first-order valence-corrected chi connectivity index (χ1v) is 13.3. The third kappa shape index (κ3) is 5.79. The van der Waals surface area contributed by atoms with Crippen LogP contribution in [0.2, 0.25) is 0 Å². The van der Waals surface area contributed by atoms with Gasteiger partial charge in [0.15, 0.2) is 0 Å². The number of ether oxygens (including phenoxy) is 1. The molecule has 36 heavy (non-hydrogen) atoms. The lowest BCUT2D eigenvalue weighted by Crippen LogP contribution is -2.61. The summed E-state index contributed by atoms with van der Waals surface area (Å²) in [4.78, 5) is 20.2. The topological polar surface area (TPSA) is 36.0 Å². The number of likely N-dealkylation sites (tertiary alicyclic amines) is 1. The number of fused-ring (bicyclic) bond motifs is 1. The van der Waals surface area contributed by atoms with Crippen LogP contribution in [0.25, 0.3) is 0 Å². The van der Waals surface area contributed by atoms with E-state index in [1.54, 1.807) is 18.0 Å². The van der Waals surface area contributed by atoms with Gasteiger partial charge in [0.1, 0.15) is 11.6 Å². The lowest BCUT2D eigenvalue weighted by atomic mass is 9.87. The second-order valence-electron chi connectivity index (χ2n) is 10.6. The molecule has 2 heterocycles. The van der Waals surface area contributed by atoms with Crippen molar-refractivity contribution in [1.82, 2.24) is 14.7 Å². The molecular formula is C29H37F2N3O2. The number of nitrogens with zero attached hydrogens (tertiary/aromatic N) is 3. The molecular weight excluding hydrogens is 460 g/mol. The second kappa shape index (κ2) is 11.4. The predicted molar refractivity (Wildman–Crippen MR) is 136 cm³/mol. The number of rotatable bonds is 8. The first-order valence-electron chi connectivity index (χ1n) is 13.3. The maximum atomic E-state index is 14.3. The van der Waals surface area contributed by atoms with E-state index >= 15 is 0 Å². The van der Waals surface area contributed by atoms with Crippen molar-refractivity contribution in [2.24, 2.45) is 0 Å². The van der Waals surface area contributed by atoms with Gasteiger partial charge in [-0.3, -0.25) is 9.69 Å². The van der Waals surface area contributed by atoms with Crippen LogP contribution >= 0.6 is 0 Å². The van der Waals surface area contributed by atoms with E-state index in [9.17, 15) is 13.6 Å². The van der Waals surface area contributed by atoms with Gasteiger partial charge < -0.3 is 14.5 Å². The minimum Gasteiger partial charge on any atom is -0.379 e. The van der Waals surface area contributed by atoms with E-state index in [1.165, 1.54) is 18.2 Å². The van der Waals surface area contributed by atoms with Gasteiger partial charge in [-0.05, 0) is 79.6 Å². The predicted octanol–water partition coefficient (Wildman–Crippen LogP) is 4.11. The summed E-state index contributed by atoms with van der Waals surface area (Å²) in [5.74, 6) is -0.651. The highest BCUT2D eigenvalue weighted by Crippen LogP contribution is 2.29. The number of amides is 1. The molecule has 0 aromatic heterocycles. The zero-order chi connectivity index (χ0) is 25.1. The van der Waals surface area contributed by atoms with Crippen molar-refractivity contribution in [3.63, 3.8) is 0 Å². The number of aryl methyl sites for hydroxylation is 1. The van der Waals surface area contributed by atoms with Crippen LogP contribution in [0.15, 0.2) is 36.4 Å². The molecule has 1 amide bonds. The second-order valence-corrected chi connectivity index (χ2v) is 10.6. The van der Waals surface area contributed by atoms with Crippen LogP contribution in [0.5, 0.6) is 0 Å². The van der Waals surface area contributed by atoms with Crippen LogP contribution in [-0.4, -0.2) is 86.2 Å². The van der Waals surface area contributed by atoms with Crippen molar-refractivity contribution < 1.29 is 18.3 Å². The summed E-state index contributed by atoms with van der Waals surface area (Å²) in [6.07, 6.45) is 4.60. The summed E-state index contributed by atoms with van der Waals surface area (Å²) in [5, 5.41) is 0. The average molecular weight is 498 g/mol. The first kappa shape index (κ1) is 25.3. The van der Waals surface area contributed by atoms with Crippen molar-refractivity contribution in [3.05, 3.63) is 70.3 Å². The van der Waals surface area contributed by atoms with Gasteiger partial charge in [0.2, 0.25) is 0 Å². The molecule has 2 aromatic carbocycles. The van der Waals surface area contributed by atoms with Crippen molar-refractivity contribution >= 4 is 5.91 Å². The van der Waals surface area contributed by atoms with Crippen LogP contribution in [0.4, 0.5) is 8.78 Å². The minimum atomic E-state index is -0.338. The molecule has 0 N–H and O–H groups in total. The van der Waals surface area contributed by atoms with Crippen molar-refractivity contribution in [2.75, 3.05) is 59.5 Å². The Bertz CT molecular complexity index is 1050. The molecule has 1 aliphatic carbocycles. The third-order valence-electron chi connectivity index (χ3n) is 8.14. The fraction of sp³-hybridized carbons (Fsp3) is 0.552. The standard InChI is InChI=1S/C29H37F2N3O2/c1-32(29(35)28-17-25(31)16-22-4-2-3-5-27(22)28)18-23(21-6-8-24(30)9-7-21)10-11-33-19-26(20-33)34-12-14-36-15-13-34/h6-9,16-17,23,26H,2-5,10-15,18-20H2,1H3. The number of likely N-dealkylation sites (N-methyl/N-ethyl adjacent to an activating group) is 1. The van der Waals surface area contributed by atoms with Gasteiger partial charge in [0, 0.05) is 57.3 Å². The molecule has 0 radical (unpaired) electrons. The lowest BCUT2D eigenvalue weighted by molar-refractivity contribution is -0.0326. The van der Waals surface area contributed by atoms with Gasteiger partial charge in [-0.1, -0.05) is 12.1 Å². The molecule has 0 spiro atoms. The maximum Gasteiger partial charge on any atom is 0.254 e. The van der Waals surface area contributed by atoms with Crippen LogP contribution in [0, 0.1) is 11.6 Å². The summed E-state index contributed by atoms with van der Waals surface area (Å²) >= 11 is 0. The zero-order valence-corrected chi connectivity index (χ0v) is 21.2. The lowest BCUT2D eigenvalue weighted by Gasteiger charge is -2.47.